The molecule has 10 rings (SSSR count). The summed E-state index contributed by atoms with van der Waals surface area (Å²) in [6.07, 6.45) is 0. The van der Waals surface area contributed by atoms with Crippen LogP contribution in [0.25, 0.3) is 87.3 Å². The average molecular weight is 584 g/mol. The molecule has 46 heavy (non-hydrogen) atoms. The number of benzene rings is 8. The fraction of sp³-hybridized carbons (Fsp3) is 0. The van der Waals surface area contributed by atoms with Crippen LogP contribution in [0.2, 0.25) is 0 Å². The Morgan fingerprint density at radius 3 is 1.28 bits per heavy atom. The lowest BCUT2D eigenvalue weighted by Crippen LogP contribution is -1.96. The number of hydrogen-bond acceptors (Lipinski definition) is 1. The van der Waals surface area contributed by atoms with Crippen LogP contribution in [0.15, 0.2) is 152 Å². The maximum atomic E-state index is 9.88. The van der Waals surface area contributed by atoms with Gasteiger partial charge in [0.2, 0.25) is 0 Å². The Labute approximate surface area is 264 Å². The Morgan fingerprint density at radius 1 is 0.326 bits per heavy atom. The first kappa shape index (κ1) is 25.0. The highest BCUT2D eigenvalue weighted by Gasteiger charge is 2.18. The molecule has 2 aromatic heterocycles. The van der Waals surface area contributed by atoms with Gasteiger partial charge < -0.3 is 9.13 Å². The summed E-state index contributed by atoms with van der Waals surface area (Å²) in [6, 6.07) is 56.6. The van der Waals surface area contributed by atoms with Crippen LogP contribution in [0.5, 0.6) is 0 Å². The van der Waals surface area contributed by atoms with Crippen molar-refractivity contribution in [3.8, 4) is 17.4 Å². The third-order valence-electron chi connectivity index (χ3n) is 9.70. The molecule has 3 nitrogen and oxygen atoms in total. The van der Waals surface area contributed by atoms with E-state index in [-0.39, 0.29) is 0 Å². The minimum Gasteiger partial charge on any atom is -0.309 e. The fourth-order valence-electron chi connectivity index (χ4n) is 7.73. The molecule has 212 valence electrons. The van der Waals surface area contributed by atoms with Gasteiger partial charge in [-0.3, -0.25) is 0 Å². The van der Waals surface area contributed by atoms with E-state index >= 15 is 0 Å². The third kappa shape index (κ3) is 3.36. The van der Waals surface area contributed by atoms with Crippen LogP contribution in [0.1, 0.15) is 5.56 Å². The number of para-hydroxylation sites is 2. The topological polar surface area (TPSA) is 33.6 Å². The fourth-order valence-corrected chi connectivity index (χ4v) is 7.73. The summed E-state index contributed by atoms with van der Waals surface area (Å²) in [7, 11) is 0. The molecule has 10 aromatic rings. The minimum atomic E-state index is 0.657. The van der Waals surface area contributed by atoms with E-state index in [1.807, 2.05) is 12.1 Å². The van der Waals surface area contributed by atoms with Gasteiger partial charge in [-0.25, -0.2) is 0 Å². The van der Waals surface area contributed by atoms with Crippen LogP contribution in [-0.2, 0) is 0 Å². The van der Waals surface area contributed by atoms with Crippen LogP contribution in [0.4, 0.5) is 0 Å². The van der Waals surface area contributed by atoms with Gasteiger partial charge in [0, 0.05) is 32.9 Å². The van der Waals surface area contributed by atoms with E-state index in [2.05, 4.69) is 155 Å². The van der Waals surface area contributed by atoms with Crippen molar-refractivity contribution in [1.29, 1.82) is 5.26 Å². The second kappa shape index (κ2) is 9.32. The van der Waals surface area contributed by atoms with Crippen LogP contribution in [0.3, 0.4) is 0 Å². The Bertz CT molecular complexity index is 2840. The van der Waals surface area contributed by atoms with Crippen molar-refractivity contribution in [2.45, 2.75) is 0 Å². The summed E-state index contributed by atoms with van der Waals surface area (Å²) in [6.45, 7) is 0. The summed E-state index contributed by atoms with van der Waals surface area (Å²) in [5, 5.41) is 22.1. The van der Waals surface area contributed by atoms with Crippen molar-refractivity contribution < 1.29 is 0 Å². The van der Waals surface area contributed by atoms with Crippen molar-refractivity contribution in [3.05, 3.63) is 157 Å². The van der Waals surface area contributed by atoms with E-state index in [1.54, 1.807) is 0 Å². The van der Waals surface area contributed by atoms with Crippen LogP contribution >= 0.6 is 0 Å². The molecule has 0 bridgehead atoms. The summed E-state index contributed by atoms with van der Waals surface area (Å²) in [5.41, 5.74) is 7.41. The van der Waals surface area contributed by atoms with Gasteiger partial charge in [-0.05, 0) is 93.0 Å². The number of nitrogens with zero attached hydrogens (tertiary/aromatic N) is 3. The van der Waals surface area contributed by atoms with Crippen LogP contribution in [-0.4, -0.2) is 9.13 Å². The molecule has 8 aromatic carbocycles. The smallest absolute Gasteiger partial charge is 0.0991 e. The zero-order chi connectivity index (χ0) is 30.4. The molecular formula is C43H25N3. The van der Waals surface area contributed by atoms with Crippen molar-refractivity contribution >= 4 is 75.9 Å². The minimum absolute atomic E-state index is 0.657. The third-order valence-corrected chi connectivity index (χ3v) is 9.70. The number of fused-ring (bicyclic) bond motifs is 12. The van der Waals surface area contributed by atoms with Gasteiger partial charge in [-0.1, -0.05) is 91.0 Å². The highest BCUT2D eigenvalue weighted by atomic mass is 15.0. The average Bonchev–Trinajstić information content (AvgIpc) is 3.63. The zero-order valence-electron chi connectivity index (χ0n) is 24.8. The molecule has 0 aliphatic carbocycles. The lowest BCUT2D eigenvalue weighted by atomic mass is 9.94. The first-order valence-electron chi connectivity index (χ1n) is 15.6. The molecule has 0 unspecified atom stereocenters. The second-order valence-electron chi connectivity index (χ2n) is 12.1. The molecule has 2 heterocycles. The van der Waals surface area contributed by atoms with Gasteiger partial charge in [0.25, 0.3) is 0 Å². The normalized spacial score (nSPS) is 11.9. The monoisotopic (exact) mass is 583 g/mol. The number of aromatic nitrogens is 2. The molecule has 0 aliphatic heterocycles. The summed E-state index contributed by atoms with van der Waals surface area (Å²) in [5.74, 6) is 0. The SMILES string of the molecule is N#Cc1ccc2c(c1)c1cc(-n3c4ccccc4c4ccccc43)ccc1n2-c1ccc2c3ccccc3c3ccccc3c2c1. The van der Waals surface area contributed by atoms with Crippen molar-refractivity contribution in [2.75, 3.05) is 0 Å². The predicted octanol–water partition coefficient (Wildman–Crippen LogP) is 11.2. The molecule has 0 aliphatic rings. The van der Waals surface area contributed by atoms with E-state index in [1.165, 1.54) is 54.1 Å². The first-order chi connectivity index (χ1) is 22.8. The van der Waals surface area contributed by atoms with Crippen LogP contribution < -0.4 is 0 Å². The van der Waals surface area contributed by atoms with Gasteiger partial charge in [-0.2, -0.15) is 5.26 Å². The molecule has 0 radical (unpaired) electrons. The van der Waals surface area contributed by atoms with E-state index in [0.29, 0.717) is 5.56 Å². The highest BCUT2D eigenvalue weighted by Crippen LogP contribution is 2.40. The molecule has 0 amide bonds. The van der Waals surface area contributed by atoms with Crippen molar-refractivity contribution in [1.82, 2.24) is 9.13 Å². The highest BCUT2D eigenvalue weighted by molar-refractivity contribution is 6.25. The Hall–Kier alpha value is -6.37. The first-order valence-corrected chi connectivity index (χ1v) is 15.6. The van der Waals surface area contributed by atoms with Gasteiger partial charge >= 0.3 is 0 Å². The van der Waals surface area contributed by atoms with Gasteiger partial charge in [-0.15, -0.1) is 0 Å². The number of rotatable bonds is 2. The summed E-state index contributed by atoms with van der Waals surface area (Å²) in [4.78, 5) is 0. The van der Waals surface area contributed by atoms with Crippen molar-refractivity contribution in [2.24, 2.45) is 0 Å². The molecule has 0 fully saturated rings. The summed E-state index contributed by atoms with van der Waals surface area (Å²) < 4.78 is 4.71. The maximum absolute atomic E-state index is 9.88. The quantitative estimate of drug-likeness (QED) is 0.186. The maximum Gasteiger partial charge on any atom is 0.0991 e. The van der Waals surface area contributed by atoms with E-state index in [9.17, 15) is 5.26 Å². The number of nitriles is 1. The molecular weight excluding hydrogens is 558 g/mol. The van der Waals surface area contributed by atoms with E-state index in [4.69, 9.17) is 0 Å². The number of hydrogen-bond donors (Lipinski definition) is 0. The van der Waals surface area contributed by atoms with E-state index < -0.39 is 0 Å². The Morgan fingerprint density at radius 2 is 0.717 bits per heavy atom. The lowest BCUT2D eigenvalue weighted by molar-refractivity contribution is 1.17. The lowest BCUT2D eigenvalue weighted by Gasteiger charge is -2.14. The Kier molecular flexibility index (Phi) is 5.06. The second-order valence-corrected chi connectivity index (χ2v) is 12.1. The molecule has 0 atom stereocenters. The van der Waals surface area contributed by atoms with Gasteiger partial charge in [0.1, 0.15) is 0 Å². The van der Waals surface area contributed by atoms with Gasteiger partial charge in [0.15, 0.2) is 0 Å². The predicted molar refractivity (Wildman–Crippen MR) is 192 cm³/mol. The van der Waals surface area contributed by atoms with Gasteiger partial charge in [0.05, 0.1) is 33.7 Å². The summed E-state index contributed by atoms with van der Waals surface area (Å²) >= 11 is 0. The van der Waals surface area contributed by atoms with E-state index in [0.717, 1.165) is 33.2 Å². The molecule has 0 spiro atoms. The Balaban J connectivity index is 1.29. The van der Waals surface area contributed by atoms with Crippen LogP contribution in [0, 0.1) is 11.3 Å². The molecule has 0 saturated carbocycles. The molecule has 0 N–H and O–H groups in total. The largest absolute Gasteiger partial charge is 0.309 e. The standard InChI is InChI=1S/C43H25N3/c44-26-27-17-21-42-38(23-27)39-25-29(45-40-15-7-5-13-35(40)36-14-6-8-16-41(36)45)19-22-43(39)46(42)28-18-20-34-32-11-2-1-9-30(32)31-10-3-4-12-33(31)37(34)24-28/h1-25H. The molecule has 0 saturated heterocycles. The zero-order valence-corrected chi connectivity index (χ0v) is 24.8. The molecule has 3 heteroatoms. The van der Waals surface area contributed by atoms with Crippen molar-refractivity contribution in [3.63, 3.8) is 0 Å².